The lowest BCUT2D eigenvalue weighted by Crippen LogP contribution is -2.60. The molecule has 428 valence electrons. The van der Waals surface area contributed by atoms with Crippen LogP contribution in [0, 0.1) is 0 Å². The fraction of sp³-hybridized carbons (Fsp3) is 0.754. The summed E-state index contributed by atoms with van der Waals surface area (Å²) in [5, 5.41) is 30.9. The fourth-order valence-corrected chi connectivity index (χ4v) is 9.12. The number of carbonyl (C=O) groups excluding carboxylic acids is 1. The van der Waals surface area contributed by atoms with E-state index in [0.717, 1.165) is 89.9 Å². The molecule has 1 aliphatic rings. The van der Waals surface area contributed by atoms with Gasteiger partial charge in [-0.15, -0.1) is 0 Å². The summed E-state index contributed by atoms with van der Waals surface area (Å²) in [4.78, 5) is 13.0. The number of aliphatic hydroxyl groups is 3. The van der Waals surface area contributed by atoms with Gasteiger partial charge in [0.1, 0.15) is 30.5 Å². The van der Waals surface area contributed by atoms with E-state index >= 15 is 0 Å². The second kappa shape index (κ2) is 51.1. The SMILES string of the molecule is CC/C=C\C/C=C\C/C=C\C/C=C\C/C=C\CCCCCCCCCC(=O)OC(COCCCCCCCCCCCCCC/C=C\C/C=C\CCCCCCC)COC1OC(CO)C(O)C(OS(=O)(=O)O)C1O. The molecule has 1 rings (SSSR count). The summed E-state index contributed by atoms with van der Waals surface area (Å²) < 4.78 is 59.5. The van der Waals surface area contributed by atoms with Crippen LogP contribution in [-0.2, 0) is 38.3 Å². The van der Waals surface area contributed by atoms with Gasteiger partial charge < -0.3 is 34.3 Å². The van der Waals surface area contributed by atoms with Gasteiger partial charge in [-0.25, -0.2) is 4.18 Å². The molecule has 0 radical (unpaired) electrons. The van der Waals surface area contributed by atoms with Crippen molar-refractivity contribution in [2.45, 2.75) is 269 Å². The van der Waals surface area contributed by atoms with Gasteiger partial charge in [-0.1, -0.05) is 221 Å². The van der Waals surface area contributed by atoms with Gasteiger partial charge >= 0.3 is 16.4 Å². The third kappa shape index (κ3) is 43.4. The summed E-state index contributed by atoms with van der Waals surface area (Å²) in [5.74, 6) is -0.411. The van der Waals surface area contributed by atoms with Gasteiger partial charge in [0.2, 0.25) is 0 Å². The van der Waals surface area contributed by atoms with E-state index in [4.69, 9.17) is 18.9 Å². The highest BCUT2D eigenvalue weighted by atomic mass is 32.3. The van der Waals surface area contributed by atoms with Gasteiger partial charge in [-0.3, -0.25) is 9.35 Å². The monoisotopic (exact) mass is 1060 g/mol. The Morgan fingerprint density at radius 3 is 1.36 bits per heavy atom. The highest BCUT2D eigenvalue weighted by molar-refractivity contribution is 7.80. The Morgan fingerprint density at radius 2 is 0.932 bits per heavy atom. The van der Waals surface area contributed by atoms with E-state index in [2.05, 4.69) is 103 Å². The standard InChI is InChI=1S/C61H106O12S/c1-3-5-7-9-11-13-15-17-19-21-23-25-27-29-31-33-35-37-39-41-43-45-47-49-51-69-53-55(54-70-61-59(65)60(73-74(66,67)68)58(64)56(52-62)72-61)71-57(63)50-48-46-44-42-40-38-36-34-32-30-28-26-24-22-20-18-16-14-12-10-8-6-4-2/h6,8,12,14-15,17-18,20-21,23-24,26,30,32,55-56,58-62,64-65H,3-5,7,9-11,13,16,19,22,25,27-29,31,33-54H2,1-2H3,(H,66,67,68)/b8-6-,14-12-,17-15-,20-18-,23-21-,26-24-,32-30-. The number of unbranched alkanes of at least 4 members (excludes halogenated alkanes) is 24. The second-order valence-corrected chi connectivity index (χ2v) is 20.9. The Kier molecular flexibility index (Phi) is 47.8. The number of hydrogen-bond donors (Lipinski definition) is 4. The van der Waals surface area contributed by atoms with Crippen LogP contribution in [0.5, 0.6) is 0 Å². The van der Waals surface area contributed by atoms with Crippen molar-refractivity contribution in [1.82, 2.24) is 0 Å². The van der Waals surface area contributed by atoms with E-state index in [9.17, 15) is 33.1 Å². The van der Waals surface area contributed by atoms with Crippen LogP contribution in [0.4, 0.5) is 0 Å². The van der Waals surface area contributed by atoms with Crippen molar-refractivity contribution >= 4 is 16.4 Å². The smallest absolute Gasteiger partial charge is 0.397 e. The number of hydrogen-bond acceptors (Lipinski definition) is 11. The summed E-state index contributed by atoms with van der Waals surface area (Å²) in [6.07, 6.45) is 60.4. The molecule has 0 bridgehead atoms. The van der Waals surface area contributed by atoms with Gasteiger partial charge in [0, 0.05) is 13.0 Å². The van der Waals surface area contributed by atoms with Gasteiger partial charge in [0.15, 0.2) is 6.29 Å². The summed E-state index contributed by atoms with van der Waals surface area (Å²) in [6, 6.07) is 0. The largest absolute Gasteiger partial charge is 0.457 e. The minimum Gasteiger partial charge on any atom is -0.457 e. The van der Waals surface area contributed by atoms with Crippen LogP contribution in [0.2, 0.25) is 0 Å². The predicted octanol–water partition coefficient (Wildman–Crippen LogP) is 14.8. The molecule has 0 aliphatic carbocycles. The zero-order valence-electron chi connectivity index (χ0n) is 46.4. The van der Waals surface area contributed by atoms with Gasteiger partial charge in [0.25, 0.3) is 0 Å². The average Bonchev–Trinajstić information content (AvgIpc) is 3.38. The molecule has 0 spiro atoms. The summed E-state index contributed by atoms with van der Waals surface area (Å²) in [5.41, 5.74) is 0. The molecule has 1 fully saturated rings. The van der Waals surface area contributed by atoms with Crippen LogP contribution in [0.15, 0.2) is 85.1 Å². The molecule has 13 heteroatoms. The lowest BCUT2D eigenvalue weighted by Gasteiger charge is -2.41. The lowest BCUT2D eigenvalue weighted by molar-refractivity contribution is -0.301. The van der Waals surface area contributed by atoms with E-state index in [1.165, 1.54) is 116 Å². The van der Waals surface area contributed by atoms with Gasteiger partial charge in [-0.05, 0) is 89.9 Å². The van der Waals surface area contributed by atoms with Crippen molar-refractivity contribution in [2.75, 3.05) is 26.4 Å². The number of aliphatic hydroxyl groups excluding tert-OH is 3. The molecular weight excluding hydrogens is 957 g/mol. The Hall–Kier alpha value is -2.72. The minimum atomic E-state index is -5.07. The Labute approximate surface area is 451 Å². The van der Waals surface area contributed by atoms with Crippen molar-refractivity contribution in [1.29, 1.82) is 0 Å². The molecule has 1 aliphatic heterocycles. The maximum absolute atomic E-state index is 13.0. The Morgan fingerprint density at radius 1 is 0.527 bits per heavy atom. The van der Waals surface area contributed by atoms with E-state index in [0.29, 0.717) is 13.0 Å². The van der Waals surface area contributed by atoms with Crippen molar-refractivity contribution < 1.29 is 56.2 Å². The first-order valence-electron chi connectivity index (χ1n) is 29.3. The highest BCUT2D eigenvalue weighted by Crippen LogP contribution is 2.26. The first-order valence-corrected chi connectivity index (χ1v) is 30.7. The second-order valence-electron chi connectivity index (χ2n) is 19.8. The van der Waals surface area contributed by atoms with Crippen LogP contribution >= 0.6 is 0 Å². The molecule has 12 nitrogen and oxygen atoms in total. The van der Waals surface area contributed by atoms with Crippen LogP contribution in [0.1, 0.15) is 232 Å². The fourth-order valence-electron chi connectivity index (χ4n) is 8.61. The molecule has 6 unspecified atom stereocenters. The maximum Gasteiger partial charge on any atom is 0.397 e. The molecule has 74 heavy (non-hydrogen) atoms. The van der Waals surface area contributed by atoms with Crippen LogP contribution in [-0.4, -0.2) is 97.5 Å². The number of esters is 1. The topological polar surface area (TPSA) is 178 Å². The first-order chi connectivity index (χ1) is 36.1. The van der Waals surface area contributed by atoms with Crippen molar-refractivity contribution in [3.63, 3.8) is 0 Å². The quantitative estimate of drug-likeness (QED) is 0.0196. The zero-order valence-corrected chi connectivity index (χ0v) is 47.2. The van der Waals surface area contributed by atoms with E-state index in [1.807, 2.05) is 0 Å². The number of ether oxygens (including phenoxy) is 4. The molecule has 0 aromatic heterocycles. The maximum atomic E-state index is 13.0. The normalized spacial score (nSPS) is 19.4. The molecule has 1 heterocycles. The third-order valence-corrected chi connectivity index (χ3v) is 13.5. The van der Waals surface area contributed by atoms with E-state index in [1.54, 1.807) is 0 Å². The van der Waals surface area contributed by atoms with E-state index < -0.39 is 59.8 Å². The lowest BCUT2D eigenvalue weighted by atomic mass is 9.99. The van der Waals surface area contributed by atoms with Crippen molar-refractivity contribution in [2.24, 2.45) is 0 Å². The Balaban J connectivity index is 2.31. The summed E-state index contributed by atoms with van der Waals surface area (Å²) in [7, 11) is -5.07. The molecule has 6 atom stereocenters. The first kappa shape index (κ1) is 69.3. The molecule has 1 saturated heterocycles. The molecule has 4 N–H and O–H groups in total. The summed E-state index contributed by atoms with van der Waals surface area (Å²) in [6.45, 7) is 3.87. The van der Waals surface area contributed by atoms with Crippen molar-refractivity contribution in [3.05, 3.63) is 85.1 Å². The van der Waals surface area contributed by atoms with Crippen LogP contribution in [0.25, 0.3) is 0 Å². The third-order valence-electron chi connectivity index (χ3n) is 13.0. The highest BCUT2D eigenvalue weighted by Gasteiger charge is 2.48. The minimum absolute atomic E-state index is 0.0266. The number of allylic oxidation sites excluding steroid dienone is 14. The Bertz CT molecular complexity index is 1600. The molecule has 0 saturated carbocycles. The summed E-state index contributed by atoms with van der Waals surface area (Å²) >= 11 is 0. The number of carbonyl (C=O) groups is 1. The van der Waals surface area contributed by atoms with Crippen molar-refractivity contribution in [3.8, 4) is 0 Å². The van der Waals surface area contributed by atoms with E-state index in [-0.39, 0.29) is 19.6 Å². The molecule has 0 amide bonds. The molecule has 0 aromatic rings. The number of rotatable bonds is 51. The van der Waals surface area contributed by atoms with Crippen LogP contribution in [0.3, 0.4) is 0 Å². The van der Waals surface area contributed by atoms with Gasteiger partial charge in [-0.2, -0.15) is 8.42 Å². The van der Waals surface area contributed by atoms with Crippen LogP contribution < -0.4 is 0 Å². The average molecular weight is 1060 g/mol. The predicted molar refractivity (Wildman–Crippen MR) is 303 cm³/mol. The van der Waals surface area contributed by atoms with Gasteiger partial charge in [0.05, 0.1) is 19.8 Å². The zero-order chi connectivity index (χ0) is 53.8. The molecule has 0 aromatic carbocycles. The molecular formula is C61H106O12S.